The number of hydrogen-bond acceptors (Lipinski definition) is 6. The van der Waals surface area contributed by atoms with Crippen molar-refractivity contribution < 1.29 is 4.79 Å². The average Bonchev–Trinajstić information content (AvgIpc) is 2.68. The number of hydrogen-bond donors (Lipinski definition) is 2. The van der Waals surface area contributed by atoms with Crippen LogP contribution in [0, 0.1) is 0 Å². The van der Waals surface area contributed by atoms with E-state index in [0.717, 1.165) is 50.7 Å². The number of nitrogens with one attached hydrogen (secondary N) is 1. The molecule has 10 heteroatoms. The Morgan fingerprint density at radius 1 is 1.00 bits per heavy atom. The van der Waals surface area contributed by atoms with Gasteiger partial charge >= 0.3 is 0 Å². The molecular weight excluding hydrogens is 435 g/mol. The zero-order chi connectivity index (χ0) is 18.2. The van der Waals surface area contributed by atoms with Crippen molar-refractivity contribution in [3.05, 3.63) is 48.3 Å². The molecule has 1 aliphatic rings. The van der Waals surface area contributed by atoms with E-state index in [4.69, 9.17) is 5.73 Å². The Hall–Kier alpha value is -1.80. The number of rotatable bonds is 7. The number of aromatic nitrogens is 2. The molecule has 2 heterocycles. The minimum absolute atomic E-state index is 0. The molecule has 1 aromatic heterocycles. The number of nitrogen functional groups attached to an aromatic ring is 1. The number of nitrogens with zero attached hydrogens (tertiary/aromatic N) is 4. The van der Waals surface area contributed by atoms with Gasteiger partial charge in [-0.3, -0.25) is 9.69 Å². The smallest absolute Gasteiger partial charge is 0.225 e. The van der Waals surface area contributed by atoms with Crippen molar-refractivity contribution >= 4 is 54.8 Å². The summed E-state index contributed by atoms with van der Waals surface area (Å²) in [5, 5.41) is 2.99. The molecule has 3 rings (SSSR count). The zero-order valence-corrected chi connectivity index (χ0v) is 18.6. The van der Waals surface area contributed by atoms with Crippen LogP contribution in [0.3, 0.4) is 0 Å². The van der Waals surface area contributed by atoms with Crippen LogP contribution in [0.4, 0.5) is 11.6 Å². The summed E-state index contributed by atoms with van der Waals surface area (Å²) in [5.74, 6) is 0.864. The van der Waals surface area contributed by atoms with E-state index in [1.54, 1.807) is 12.4 Å². The van der Waals surface area contributed by atoms with E-state index < -0.39 is 0 Å². The van der Waals surface area contributed by atoms with Gasteiger partial charge in [0.1, 0.15) is 0 Å². The van der Waals surface area contributed by atoms with Crippen LogP contribution in [0.5, 0.6) is 0 Å². The van der Waals surface area contributed by atoms with Crippen molar-refractivity contribution in [2.45, 2.75) is 12.8 Å². The maximum atomic E-state index is 12.0. The van der Waals surface area contributed by atoms with Gasteiger partial charge in [0.05, 0.1) is 6.42 Å². The number of halogens is 3. The van der Waals surface area contributed by atoms with Crippen molar-refractivity contribution in [1.82, 2.24) is 20.2 Å². The molecule has 1 saturated heterocycles. The van der Waals surface area contributed by atoms with E-state index in [-0.39, 0.29) is 43.1 Å². The predicted molar refractivity (Wildman–Crippen MR) is 125 cm³/mol. The number of benzene rings is 1. The normalized spacial score (nSPS) is 13.4. The first-order chi connectivity index (χ1) is 12.7. The molecule has 2 aromatic rings. The van der Waals surface area contributed by atoms with E-state index in [0.29, 0.717) is 18.7 Å². The lowest BCUT2D eigenvalue weighted by atomic mass is 10.1. The van der Waals surface area contributed by atoms with Gasteiger partial charge in [-0.25, -0.2) is 9.97 Å². The van der Waals surface area contributed by atoms with E-state index in [1.165, 1.54) is 0 Å². The highest BCUT2D eigenvalue weighted by Crippen LogP contribution is 2.10. The second kappa shape index (κ2) is 14.2. The number of piperazine rings is 1. The lowest BCUT2D eigenvalue weighted by Crippen LogP contribution is -2.47. The van der Waals surface area contributed by atoms with Gasteiger partial charge in [0, 0.05) is 50.8 Å². The van der Waals surface area contributed by atoms with Crippen LogP contribution >= 0.6 is 37.2 Å². The molecule has 1 aliphatic heterocycles. The molecule has 0 radical (unpaired) electrons. The number of amides is 1. The van der Waals surface area contributed by atoms with Crippen LogP contribution in [0.25, 0.3) is 0 Å². The fraction of sp³-hybridized carbons (Fsp3) is 0.421. The van der Waals surface area contributed by atoms with Gasteiger partial charge in [-0.05, 0) is 36.7 Å². The Labute approximate surface area is 190 Å². The SMILES string of the molecule is Cl.Cl.Cl.Nc1ccc(CC(=O)NCCCN2CCN(c3ncccn3)CC2)cc1. The number of anilines is 2. The Morgan fingerprint density at radius 2 is 1.62 bits per heavy atom. The van der Waals surface area contributed by atoms with E-state index in [9.17, 15) is 4.79 Å². The summed E-state index contributed by atoms with van der Waals surface area (Å²) in [5.41, 5.74) is 7.35. The lowest BCUT2D eigenvalue weighted by molar-refractivity contribution is -0.120. The molecule has 0 spiro atoms. The van der Waals surface area contributed by atoms with Gasteiger partial charge in [-0.2, -0.15) is 0 Å². The second-order valence-electron chi connectivity index (χ2n) is 6.50. The molecule has 3 N–H and O–H groups in total. The molecule has 1 aromatic carbocycles. The number of nitrogens with two attached hydrogens (primary N) is 1. The third kappa shape index (κ3) is 9.04. The summed E-state index contributed by atoms with van der Waals surface area (Å²) in [7, 11) is 0. The van der Waals surface area contributed by atoms with E-state index in [2.05, 4.69) is 25.1 Å². The van der Waals surface area contributed by atoms with Crippen LogP contribution in [-0.4, -0.2) is 60.0 Å². The van der Waals surface area contributed by atoms with Crippen molar-refractivity contribution in [2.24, 2.45) is 0 Å². The molecule has 0 unspecified atom stereocenters. The minimum Gasteiger partial charge on any atom is -0.399 e. The summed E-state index contributed by atoms with van der Waals surface area (Å²) >= 11 is 0. The Bertz CT molecular complexity index is 697. The molecule has 0 saturated carbocycles. The highest BCUT2D eigenvalue weighted by atomic mass is 35.5. The maximum absolute atomic E-state index is 12.0. The van der Waals surface area contributed by atoms with Crippen molar-refractivity contribution in [2.75, 3.05) is 49.9 Å². The summed E-state index contributed by atoms with van der Waals surface area (Å²) in [6.07, 6.45) is 4.91. The van der Waals surface area contributed by atoms with Gasteiger partial charge in [0.2, 0.25) is 11.9 Å². The first-order valence-electron chi connectivity index (χ1n) is 9.06. The molecular formula is C19H29Cl3N6O. The minimum atomic E-state index is 0. The summed E-state index contributed by atoms with van der Waals surface area (Å²) in [6, 6.07) is 9.27. The quantitative estimate of drug-likeness (QED) is 0.483. The predicted octanol–water partition coefficient (Wildman–Crippen LogP) is 2.20. The molecule has 0 bridgehead atoms. The van der Waals surface area contributed by atoms with Crippen LogP contribution in [-0.2, 0) is 11.2 Å². The highest BCUT2D eigenvalue weighted by molar-refractivity contribution is 5.86. The first kappa shape index (κ1) is 27.2. The lowest BCUT2D eigenvalue weighted by Gasteiger charge is -2.34. The van der Waals surface area contributed by atoms with Gasteiger partial charge in [-0.15, -0.1) is 37.2 Å². The van der Waals surface area contributed by atoms with Crippen LogP contribution in [0.2, 0.25) is 0 Å². The van der Waals surface area contributed by atoms with Crippen molar-refractivity contribution in [3.63, 3.8) is 0 Å². The maximum Gasteiger partial charge on any atom is 0.225 e. The van der Waals surface area contributed by atoms with Gasteiger partial charge in [0.15, 0.2) is 0 Å². The van der Waals surface area contributed by atoms with Crippen LogP contribution in [0.15, 0.2) is 42.7 Å². The molecule has 0 atom stereocenters. The monoisotopic (exact) mass is 462 g/mol. The Balaban J connectivity index is 0.00000261. The summed E-state index contributed by atoms with van der Waals surface area (Å²) < 4.78 is 0. The molecule has 162 valence electrons. The summed E-state index contributed by atoms with van der Waals surface area (Å²) in [4.78, 5) is 25.2. The summed E-state index contributed by atoms with van der Waals surface area (Å²) in [6.45, 7) is 5.57. The zero-order valence-electron chi connectivity index (χ0n) is 16.2. The highest BCUT2D eigenvalue weighted by Gasteiger charge is 2.18. The largest absolute Gasteiger partial charge is 0.399 e. The first-order valence-corrected chi connectivity index (χ1v) is 9.06. The Kier molecular flexibility index (Phi) is 13.3. The third-order valence-electron chi connectivity index (χ3n) is 4.52. The van der Waals surface area contributed by atoms with Gasteiger partial charge < -0.3 is 16.0 Å². The molecule has 0 aliphatic carbocycles. The number of carbonyl (C=O) groups is 1. The molecule has 1 amide bonds. The van der Waals surface area contributed by atoms with Gasteiger partial charge in [-0.1, -0.05) is 12.1 Å². The standard InChI is InChI=1S/C19H26N6O.3ClH/c20-17-5-3-16(4-6-17)15-18(26)21-9-2-10-24-11-13-25(14-12-24)19-22-7-1-8-23-19;;;/h1,3-8H,2,9-15,20H2,(H,21,26);3*1H. The van der Waals surface area contributed by atoms with Crippen LogP contribution in [0.1, 0.15) is 12.0 Å². The third-order valence-corrected chi connectivity index (χ3v) is 4.52. The number of carbonyl (C=O) groups excluding carboxylic acids is 1. The molecule has 1 fully saturated rings. The van der Waals surface area contributed by atoms with Crippen molar-refractivity contribution in [1.29, 1.82) is 0 Å². The molecule has 29 heavy (non-hydrogen) atoms. The van der Waals surface area contributed by atoms with Gasteiger partial charge in [0.25, 0.3) is 0 Å². The fourth-order valence-electron chi connectivity index (χ4n) is 3.04. The second-order valence-corrected chi connectivity index (χ2v) is 6.50. The van der Waals surface area contributed by atoms with E-state index >= 15 is 0 Å². The average molecular weight is 464 g/mol. The fourth-order valence-corrected chi connectivity index (χ4v) is 3.04. The molecule has 7 nitrogen and oxygen atoms in total. The topological polar surface area (TPSA) is 87.4 Å². The van der Waals surface area contributed by atoms with Crippen molar-refractivity contribution in [3.8, 4) is 0 Å². The Morgan fingerprint density at radius 3 is 2.24 bits per heavy atom. The van der Waals surface area contributed by atoms with E-state index in [1.807, 2.05) is 30.3 Å². The van der Waals surface area contributed by atoms with Crippen LogP contribution < -0.4 is 16.0 Å².